The fraction of sp³-hybridized carbons (Fsp3) is 1.00. The molecule has 0 bridgehead atoms. The van der Waals surface area contributed by atoms with Gasteiger partial charge in [-0.1, -0.05) is 13.8 Å². The molecule has 0 radical (unpaired) electrons. The van der Waals surface area contributed by atoms with Gasteiger partial charge in [-0.2, -0.15) is 0 Å². The van der Waals surface area contributed by atoms with Crippen molar-refractivity contribution in [2.45, 2.75) is 31.9 Å². The maximum Gasteiger partial charge on any atom is 0.0371 e. The Hall–Kier alpha value is 0.150. The van der Waals surface area contributed by atoms with Gasteiger partial charge in [-0.25, -0.2) is 0 Å². The van der Waals surface area contributed by atoms with Crippen LogP contribution < -0.4 is 0 Å². The zero-order valence-corrected chi connectivity index (χ0v) is 6.91. The van der Waals surface area contributed by atoms with Crippen molar-refractivity contribution in [1.82, 2.24) is 0 Å². The Morgan fingerprint density at radius 3 is 2.44 bits per heavy atom. The predicted molar refractivity (Wildman–Crippen MR) is 40.9 cm³/mol. The van der Waals surface area contributed by atoms with E-state index >= 15 is 0 Å². The highest BCUT2D eigenvalue weighted by Gasteiger charge is 2.25. The summed E-state index contributed by atoms with van der Waals surface area (Å²) in [5, 5.41) is 0.505. The zero-order chi connectivity index (χ0) is 6.85. The van der Waals surface area contributed by atoms with Gasteiger partial charge in [0, 0.05) is 21.8 Å². The number of hydrogen-bond acceptors (Lipinski definition) is 1. The highest BCUT2D eigenvalue weighted by Crippen LogP contribution is 2.22. The molecule has 0 aliphatic carbocycles. The van der Waals surface area contributed by atoms with Crippen LogP contribution >= 0.6 is 0 Å². The second kappa shape index (κ2) is 2.82. The van der Waals surface area contributed by atoms with Crippen molar-refractivity contribution in [3.63, 3.8) is 0 Å². The van der Waals surface area contributed by atoms with Gasteiger partial charge in [0.25, 0.3) is 0 Å². The fourth-order valence-electron chi connectivity index (χ4n) is 1.35. The quantitative estimate of drug-likeness (QED) is 0.548. The van der Waals surface area contributed by atoms with E-state index in [1.807, 2.05) is 0 Å². The van der Waals surface area contributed by atoms with E-state index in [0.717, 1.165) is 5.75 Å². The van der Waals surface area contributed by atoms with Crippen LogP contribution in [0, 0.1) is 5.92 Å². The first-order valence-electron chi connectivity index (χ1n) is 3.59. The van der Waals surface area contributed by atoms with E-state index in [2.05, 4.69) is 13.8 Å². The lowest BCUT2D eigenvalue weighted by atomic mass is 10.1. The SMILES string of the molecule is CC(C)[C@H]1CCCS1=O. The van der Waals surface area contributed by atoms with Gasteiger partial charge >= 0.3 is 0 Å². The summed E-state index contributed by atoms with van der Waals surface area (Å²) in [6, 6.07) is 0. The fourth-order valence-corrected chi connectivity index (χ4v) is 3.14. The van der Waals surface area contributed by atoms with Gasteiger partial charge in [0.2, 0.25) is 0 Å². The van der Waals surface area contributed by atoms with Gasteiger partial charge in [0.05, 0.1) is 0 Å². The maximum atomic E-state index is 11.1. The molecule has 1 nitrogen and oxygen atoms in total. The van der Waals surface area contributed by atoms with Crippen LogP contribution in [0.25, 0.3) is 0 Å². The van der Waals surface area contributed by atoms with E-state index in [0.29, 0.717) is 11.2 Å². The second-order valence-electron chi connectivity index (χ2n) is 3.01. The zero-order valence-electron chi connectivity index (χ0n) is 6.09. The lowest BCUT2D eigenvalue weighted by Crippen LogP contribution is -2.15. The summed E-state index contributed by atoms with van der Waals surface area (Å²) >= 11 is 0. The average Bonchev–Trinajstić information content (AvgIpc) is 2.13. The minimum Gasteiger partial charge on any atom is -0.259 e. The molecule has 0 aromatic rings. The van der Waals surface area contributed by atoms with Gasteiger partial charge < -0.3 is 0 Å². The third-order valence-electron chi connectivity index (χ3n) is 1.92. The van der Waals surface area contributed by atoms with Crippen LogP contribution in [0.4, 0.5) is 0 Å². The molecule has 0 N–H and O–H groups in total. The van der Waals surface area contributed by atoms with Crippen LogP contribution in [0.1, 0.15) is 26.7 Å². The normalized spacial score (nSPS) is 35.9. The van der Waals surface area contributed by atoms with E-state index < -0.39 is 10.8 Å². The van der Waals surface area contributed by atoms with Crippen molar-refractivity contribution in [3.8, 4) is 0 Å². The molecule has 0 amide bonds. The van der Waals surface area contributed by atoms with E-state index in [-0.39, 0.29) is 0 Å². The molecule has 9 heavy (non-hydrogen) atoms. The van der Waals surface area contributed by atoms with E-state index in [1.165, 1.54) is 12.8 Å². The van der Waals surface area contributed by atoms with Gasteiger partial charge in [-0.05, 0) is 18.8 Å². The topological polar surface area (TPSA) is 17.1 Å². The molecule has 2 atom stereocenters. The number of rotatable bonds is 1. The lowest BCUT2D eigenvalue weighted by Gasteiger charge is -2.10. The van der Waals surface area contributed by atoms with Gasteiger partial charge in [-0.15, -0.1) is 0 Å². The lowest BCUT2D eigenvalue weighted by molar-refractivity contribution is 0.572. The molecule has 1 heterocycles. The Labute approximate surface area is 59.3 Å². The van der Waals surface area contributed by atoms with E-state index in [4.69, 9.17) is 0 Å². The minimum atomic E-state index is -0.491. The molecular formula is C7H14OS. The number of hydrogen-bond donors (Lipinski definition) is 0. The summed E-state index contributed by atoms with van der Waals surface area (Å²) in [5.41, 5.74) is 0. The minimum absolute atomic E-state index is 0.491. The Bertz CT molecular complexity index is 120. The average molecular weight is 146 g/mol. The summed E-state index contributed by atoms with van der Waals surface area (Å²) in [4.78, 5) is 0. The van der Waals surface area contributed by atoms with Crippen molar-refractivity contribution >= 4 is 10.8 Å². The first kappa shape index (κ1) is 7.26. The third-order valence-corrected chi connectivity index (χ3v) is 4.06. The Morgan fingerprint density at radius 2 is 2.22 bits per heavy atom. The van der Waals surface area contributed by atoms with Crippen LogP contribution in [0.2, 0.25) is 0 Å². The molecule has 54 valence electrons. The Morgan fingerprint density at radius 1 is 1.56 bits per heavy atom. The summed E-state index contributed by atoms with van der Waals surface area (Å²) in [6.45, 7) is 4.32. The standard InChI is InChI=1S/C7H14OS/c1-6(2)7-4-3-5-9(7)8/h6-7H,3-5H2,1-2H3/t7-,9?/m1/s1. The molecular weight excluding hydrogens is 132 g/mol. The molecule has 1 unspecified atom stereocenters. The van der Waals surface area contributed by atoms with Crippen LogP contribution in [-0.4, -0.2) is 15.2 Å². The van der Waals surface area contributed by atoms with Gasteiger partial charge in [0.1, 0.15) is 0 Å². The summed E-state index contributed by atoms with van der Waals surface area (Å²) in [5.74, 6) is 1.57. The van der Waals surface area contributed by atoms with Crippen molar-refractivity contribution in [2.24, 2.45) is 5.92 Å². The predicted octanol–water partition coefficient (Wildman–Crippen LogP) is 1.55. The summed E-state index contributed by atoms with van der Waals surface area (Å²) < 4.78 is 11.1. The molecule has 1 aliphatic heterocycles. The summed E-state index contributed by atoms with van der Waals surface area (Å²) in [7, 11) is -0.491. The molecule has 0 aromatic heterocycles. The Kier molecular flexibility index (Phi) is 2.28. The molecule has 0 saturated carbocycles. The van der Waals surface area contributed by atoms with Crippen LogP contribution in [0.3, 0.4) is 0 Å². The molecule has 1 saturated heterocycles. The summed E-state index contributed by atoms with van der Waals surface area (Å²) in [6.07, 6.45) is 2.36. The van der Waals surface area contributed by atoms with E-state index in [1.54, 1.807) is 0 Å². The monoisotopic (exact) mass is 146 g/mol. The molecule has 2 heteroatoms. The second-order valence-corrected chi connectivity index (χ2v) is 4.78. The van der Waals surface area contributed by atoms with Crippen molar-refractivity contribution in [2.75, 3.05) is 5.75 Å². The molecule has 0 aromatic carbocycles. The molecule has 1 aliphatic rings. The smallest absolute Gasteiger partial charge is 0.0371 e. The van der Waals surface area contributed by atoms with Gasteiger partial charge in [0.15, 0.2) is 0 Å². The molecule has 0 spiro atoms. The molecule has 1 rings (SSSR count). The largest absolute Gasteiger partial charge is 0.259 e. The van der Waals surface area contributed by atoms with Crippen LogP contribution in [0.5, 0.6) is 0 Å². The molecule has 1 fully saturated rings. The van der Waals surface area contributed by atoms with Crippen molar-refractivity contribution in [3.05, 3.63) is 0 Å². The van der Waals surface area contributed by atoms with Crippen LogP contribution in [-0.2, 0) is 10.8 Å². The first-order chi connectivity index (χ1) is 4.22. The Balaban J connectivity index is 2.49. The highest BCUT2D eigenvalue weighted by atomic mass is 32.2. The highest BCUT2D eigenvalue weighted by molar-refractivity contribution is 7.85. The van der Waals surface area contributed by atoms with E-state index in [9.17, 15) is 4.21 Å². The third kappa shape index (κ3) is 1.54. The van der Waals surface area contributed by atoms with Crippen molar-refractivity contribution < 1.29 is 4.21 Å². The maximum absolute atomic E-state index is 11.1. The first-order valence-corrected chi connectivity index (χ1v) is 4.97. The van der Waals surface area contributed by atoms with Crippen molar-refractivity contribution in [1.29, 1.82) is 0 Å². The van der Waals surface area contributed by atoms with Crippen LogP contribution in [0.15, 0.2) is 0 Å². The van der Waals surface area contributed by atoms with Gasteiger partial charge in [-0.3, -0.25) is 4.21 Å².